The lowest BCUT2D eigenvalue weighted by Gasteiger charge is -2.28. The van der Waals surface area contributed by atoms with E-state index < -0.39 is 96.1 Å². The number of benzene rings is 2. The predicted molar refractivity (Wildman–Crippen MR) is 266 cm³/mol. The van der Waals surface area contributed by atoms with Crippen LogP contribution >= 0.6 is 0 Å². The fourth-order valence-corrected chi connectivity index (χ4v) is 7.74. The number of nitrogens with zero attached hydrogens (tertiary/aromatic N) is 2. The largest absolute Gasteiger partial charge is 0.481 e. The third-order valence-corrected chi connectivity index (χ3v) is 11.5. The highest BCUT2D eigenvalue weighted by Crippen LogP contribution is 2.20. The van der Waals surface area contributed by atoms with Crippen LogP contribution in [0.25, 0.3) is 10.9 Å². The van der Waals surface area contributed by atoms with Gasteiger partial charge in [-0.15, -0.1) is 0 Å². The second kappa shape index (κ2) is 28.7. The quantitative estimate of drug-likeness (QED) is 0.0162. The number of carboxylic acid groups (broad SMARTS) is 2. The molecule has 0 saturated heterocycles. The molecule has 0 aliphatic heterocycles. The van der Waals surface area contributed by atoms with E-state index >= 15 is 0 Å². The number of nitrogens with one attached hydrogen (secondary N) is 8. The van der Waals surface area contributed by atoms with Crippen LogP contribution in [0.2, 0.25) is 0 Å². The van der Waals surface area contributed by atoms with E-state index in [0.717, 1.165) is 10.9 Å². The summed E-state index contributed by atoms with van der Waals surface area (Å²) in [5, 5.41) is 36.0. The number of carbonyl (C=O) groups excluding carboxylic acids is 6. The fraction of sp³-hybridized carbons (Fsp3) is 0.458. The van der Waals surface area contributed by atoms with Gasteiger partial charge in [0.05, 0.1) is 18.8 Å². The van der Waals surface area contributed by atoms with E-state index in [2.05, 4.69) is 51.8 Å². The van der Waals surface area contributed by atoms with Gasteiger partial charge in [0, 0.05) is 54.8 Å². The van der Waals surface area contributed by atoms with Crippen molar-refractivity contribution in [3.05, 3.63) is 90.1 Å². The van der Waals surface area contributed by atoms with Gasteiger partial charge in [-0.2, -0.15) is 0 Å². The van der Waals surface area contributed by atoms with E-state index in [1.165, 1.54) is 12.5 Å². The molecule has 0 saturated carbocycles. The van der Waals surface area contributed by atoms with E-state index in [9.17, 15) is 48.6 Å². The van der Waals surface area contributed by atoms with Gasteiger partial charge < -0.3 is 75.0 Å². The van der Waals surface area contributed by atoms with E-state index in [-0.39, 0.29) is 63.5 Å². The summed E-state index contributed by atoms with van der Waals surface area (Å²) in [7, 11) is 0. The Morgan fingerprint density at radius 2 is 1.24 bits per heavy atom. The Balaban J connectivity index is 1.64. The number of guanidine groups is 1. The molecular weight excluding hydrogens is 933 g/mol. The first-order valence-electron chi connectivity index (χ1n) is 23.7. The first-order valence-corrected chi connectivity index (χ1v) is 23.7. The number of hydrogen-bond donors (Lipinski definition) is 14. The molecule has 2 aromatic carbocycles. The smallest absolute Gasteiger partial charge is 0.326 e. The van der Waals surface area contributed by atoms with Gasteiger partial charge in [0.15, 0.2) is 5.96 Å². The van der Waals surface area contributed by atoms with E-state index in [1.54, 1.807) is 42.6 Å². The van der Waals surface area contributed by atoms with Crippen LogP contribution in [-0.4, -0.2) is 134 Å². The monoisotopic (exact) mass is 1000 g/mol. The second-order valence-corrected chi connectivity index (χ2v) is 17.8. The number of rotatable bonds is 31. The molecule has 4 rings (SSSR count). The van der Waals surface area contributed by atoms with Crippen LogP contribution in [-0.2, 0) is 57.6 Å². The molecule has 0 unspecified atom stereocenters. The predicted octanol–water partition coefficient (Wildman–Crippen LogP) is -1.06. The van der Waals surface area contributed by atoms with Crippen molar-refractivity contribution in [2.75, 3.05) is 13.1 Å². The molecule has 390 valence electrons. The number of nitrogens with two attached hydrogens (primary N) is 4. The first kappa shape index (κ1) is 56.7. The van der Waals surface area contributed by atoms with Gasteiger partial charge >= 0.3 is 11.9 Å². The minimum absolute atomic E-state index is 0.0829. The van der Waals surface area contributed by atoms with Gasteiger partial charge in [0.25, 0.3) is 0 Å². The zero-order valence-corrected chi connectivity index (χ0v) is 40.4. The Morgan fingerprint density at radius 3 is 1.86 bits per heavy atom. The number of amides is 6. The lowest BCUT2D eigenvalue weighted by Crippen LogP contribution is -2.60. The van der Waals surface area contributed by atoms with Gasteiger partial charge in [-0.3, -0.25) is 38.6 Å². The molecular formula is C48H68N14O10. The average Bonchev–Trinajstić information content (AvgIpc) is 4.01. The maximum Gasteiger partial charge on any atom is 0.326 e. The van der Waals surface area contributed by atoms with Crippen LogP contribution in [0.15, 0.2) is 78.3 Å². The maximum absolute atomic E-state index is 14.7. The van der Waals surface area contributed by atoms with Crippen molar-refractivity contribution >= 4 is 64.2 Å². The maximum atomic E-state index is 14.7. The van der Waals surface area contributed by atoms with Gasteiger partial charge in [-0.05, 0) is 68.2 Å². The number of carbonyl (C=O) groups is 8. The van der Waals surface area contributed by atoms with Crippen LogP contribution in [0.5, 0.6) is 0 Å². The summed E-state index contributed by atoms with van der Waals surface area (Å²) in [6, 6.07) is 6.12. The molecule has 0 aliphatic rings. The summed E-state index contributed by atoms with van der Waals surface area (Å²) in [5.41, 5.74) is 25.0. The Kier molecular flexibility index (Phi) is 22.6. The normalized spacial score (nSPS) is 14.1. The summed E-state index contributed by atoms with van der Waals surface area (Å²) in [4.78, 5) is 122. The number of para-hydroxylation sites is 1. The summed E-state index contributed by atoms with van der Waals surface area (Å²) < 4.78 is 0. The molecule has 0 fully saturated rings. The molecule has 2 heterocycles. The van der Waals surface area contributed by atoms with Gasteiger partial charge in [-0.25, -0.2) is 9.78 Å². The fourth-order valence-electron chi connectivity index (χ4n) is 7.74. The molecule has 0 aliphatic carbocycles. The standard InChI is InChI=1S/C48H68N14O10/c1-27(2)19-35(58-41(65)32(50)14-10-18-54-48(51)52)43(67)57-34(16-8-9-17-49)42(66)60-37(21-29-24-55-33-15-7-6-13-31(29)33)45(69)59-36(20-28-11-4-3-5-12-28)44(68)61-38(23-40(63)64)46(70)62-39(47(71)72)22-30-25-53-26-56-30/h3-7,11-13,15,24-27,32,34-39,55H,8-10,14,16-23,49-50H2,1-2H3,(H,53,56)(H,57,67)(H,58,65)(H,59,69)(H,60,66)(H,61,68)(H,62,70)(H,63,64)(H,71,72)(H4,51,52,54)/t32-,34-,35-,36-,37-,38-,39-/m0/s1. The highest BCUT2D eigenvalue weighted by molar-refractivity contribution is 5.98. The summed E-state index contributed by atoms with van der Waals surface area (Å²) in [6.45, 7) is 4.24. The van der Waals surface area contributed by atoms with Crippen molar-refractivity contribution < 1.29 is 48.6 Å². The number of imidazole rings is 1. The highest BCUT2D eigenvalue weighted by Gasteiger charge is 2.35. The van der Waals surface area contributed by atoms with Crippen molar-refractivity contribution in [1.29, 1.82) is 0 Å². The van der Waals surface area contributed by atoms with E-state index in [1.807, 2.05) is 32.0 Å². The Morgan fingerprint density at radius 1 is 0.653 bits per heavy atom. The SMILES string of the molecule is CC(C)C[C@H](NC(=O)[C@@H](N)CCCN=C(N)N)C(=O)N[C@@H](CCCCN)C(=O)N[C@@H](Cc1c[nH]c2ccccc12)C(=O)N[C@@H](Cc1ccccc1)C(=O)N[C@@H](CC(=O)O)C(=O)N[C@@H](Cc1cnc[nH]1)C(=O)O. The molecule has 6 amide bonds. The molecule has 72 heavy (non-hydrogen) atoms. The number of aliphatic imine (C=N–C) groups is 1. The van der Waals surface area contributed by atoms with Crippen LogP contribution in [0.3, 0.4) is 0 Å². The third kappa shape index (κ3) is 18.8. The Hall–Kier alpha value is -7.86. The van der Waals surface area contributed by atoms with Crippen LogP contribution < -0.4 is 54.8 Å². The van der Waals surface area contributed by atoms with Crippen molar-refractivity contribution in [1.82, 2.24) is 46.9 Å². The van der Waals surface area contributed by atoms with E-state index in [0.29, 0.717) is 36.1 Å². The lowest BCUT2D eigenvalue weighted by atomic mass is 10.00. The lowest BCUT2D eigenvalue weighted by molar-refractivity contribution is -0.143. The van der Waals surface area contributed by atoms with Crippen LogP contribution in [0.1, 0.15) is 75.6 Å². The molecule has 4 aromatic rings. The Labute approximate surface area is 416 Å². The average molecular weight is 1000 g/mol. The number of aromatic nitrogens is 3. The minimum atomic E-state index is -1.80. The van der Waals surface area contributed by atoms with Crippen LogP contribution in [0.4, 0.5) is 0 Å². The zero-order chi connectivity index (χ0) is 52.7. The molecule has 0 radical (unpaired) electrons. The number of aliphatic carboxylic acids is 2. The molecule has 7 atom stereocenters. The minimum Gasteiger partial charge on any atom is -0.481 e. The number of fused-ring (bicyclic) bond motifs is 1. The molecule has 0 spiro atoms. The number of carboxylic acids is 2. The number of unbranched alkanes of at least 4 members (excludes halogenated alkanes) is 1. The summed E-state index contributed by atoms with van der Waals surface area (Å²) in [6.07, 6.45) is 4.59. The van der Waals surface area contributed by atoms with Crippen molar-refractivity contribution in [3.8, 4) is 0 Å². The number of aromatic amines is 2. The van der Waals surface area contributed by atoms with Crippen molar-refractivity contribution in [3.63, 3.8) is 0 Å². The van der Waals surface area contributed by atoms with E-state index in [4.69, 9.17) is 22.9 Å². The van der Waals surface area contributed by atoms with Gasteiger partial charge in [0.2, 0.25) is 35.4 Å². The third-order valence-electron chi connectivity index (χ3n) is 11.5. The zero-order valence-electron chi connectivity index (χ0n) is 40.4. The number of H-pyrrole nitrogens is 2. The first-order chi connectivity index (χ1) is 34.3. The molecule has 2 aromatic heterocycles. The van der Waals surface area contributed by atoms with Gasteiger partial charge in [-0.1, -0.05) is 62.4 Å². The topological polar surface area (TPSA) is 410 Å². The van der Waals surface area contributed by atoms with Crippen molar-refractivity contribution in [2.45, 2.75) is 120 Å². The number of hydrogen-bond acceptors (Lipinski definition) is 12. The van der Waals surface area contributed by atoms with Crippen molar-refractivity contribution in [2.24, 2.45) is 33.8 Å². The van der Waals surface area contributed by atoms with Gasteiger partial charge in [0.1, 0.15) is 36.3 Å². The highest BCUT2D eigenvalue weighted by atomic mass is 16.4. The molecule has 18 N–H and O–H groups in total. The molecule has 24 heteroatoms. The summed E-state index contributed by atoms with van der Waals surface area (Å²) in [5.74, 6) is -8.13. The molecule has 0 bridgehead atoms. The Bertz CT molecular complexity index is 2460. The molecule has 24 nitrogen and oxygen atoms in total. The van der Waals surface area contributed by atoms with Crippen LogP contribution in [0, 0.1) is 5.92 Å². The summed E-state index contributed by atoms with van der Waals surface area (Å²) >= 11 is 0. The second-order valence-electron chi connectivity index (χ2n) is 17.8.